The summed E-state index contributed by atoms with van der Waals surface area (Å²) in [5, 5.41) is 7.72. The zero-order chi connectivity index (χ0) is 15.2. The van der Waals surface area contributed by atoms with Gasteiger partial charge in [-0.15, -0.1) is 0 Å². The van der Waals surface area contributed by atoms with Gasteiger partial charge in [-0.2, -0.15) is 4.98 Å². The van der Waals surface area contributed by atoms with Gasteiger partial charge in [0.1, 0.15) is 5.75 Å². The fraction of sp³-hybridized carbons (Fsp3) is 0.467. The number of halogens is 1. The highest BCUT2D eigenvalue weighted by Crippen LogP contribution is 2.26. The number of aromatic nitrogens is 2. The van der Waals surface area contributed by atoms with E-state index >= 15 is 0 Å². The maximum atomic E-state index is 6.21. The molecule has 2 rings (SSSR count). The Morgan fingerprint density at radius 2 is 2.19 bits per heavy atom. The molecule has 0 aliphatic heterocycles. The van der Waals surface area contributed by atoms with Crippen LogP contribution >= 0.6 is 11.6 Å². The summed E-state index contributed by atoms with van der Waals surface area (Å²) in [7, 11) is 0. The van der Waals surface area contributed by atoms with E-state index in [1.807, 2.05) is 32.0 Å². The maximum absolute atomic E-state index is 6.21. The quantitative estimate of drug-likeness (QED) is 0.847. The molecule has 0 amide bonds. The van der Waals surface area contributed by atoms with E-state index in [2.05, 4.69) is 22.4 Å². The van der Waals surface area contributed by atoms with E-state index in [1.54, 1.807) is 0 Å². The van der Waals surface area contributed by atoms with Gasteiger partial charge in [-0.25, -0.2) is 0 Å². The minimum Gasteiger partial charge on any atom is -0.482 e. The molecule has 0 aliphatic carbocycles. The number of ether oxygens (including phenoxy) is 1. The highest BCUT2D eigenvalue weighted by molar-refractivity contribution is 6.32. The van der Waals surface area contributed by atoms with Crippen LogP contribution < -0.4 is 10.1 Å². The first kappa shape index (κ1) is 15.8. The minimum atomic E-state index is 0.214. The normalized spacial score (nSPS) is 11.1. The number of hydrogen-bond donors (Lipinski definition) is 1. The van der Waals surface area contributed by atoms with Gasteiger partial charge in [0, 0.05) is 12.5 Å². The fourth-order valence-corrected chi connectivity index (χ4v) is 2.00. The molecular formula is C15H20ClN3O2. The number of rotatable bonds is 7. The van der Waals surface area contributed by atoms with Crippen LogP contribution in [0.15, 0.2) is 22.7 Å². The summed E-state index contributed by atoms with van der Waals surface area (Å²) in [5.74, 6) is 1.98. The largest absolute Gasteiger partial charge is 0.482 e. The lowest BCUT2D eigenvalue weighted by Gasteiger charge is -2.08. The molecule has 2 aromatic rings. The molecule has 1 aromatic heterocycles. The standard InChI is InChI=1S/C15H20ClN3O2/c1-4-17-8-11-5-6-13(12(16)7-11)20-9-14-18-15(10(2)3)19-21-14/h5-7,10,17H,4,8-9H2,1-3H3. The molecule has 0 atom stereocenters. The van der Waals surface area contributed by atoms with Crippen molar-refractivity contribution in [1.82, 2.24) is 15.5 Å². The van der Waals surface area contributed by atoms with Crippen molar-refractivity contribution in [2.24, 2.45) is 0 Å². The van der Waals surface area contributed by atoms with E-state index in [-0.39, 0.29) is 12.5 Å². The first-order chi connectivity index (χ1) is 10.1. The number of benzene rings is 1. The Balaban J connectivity index is 1.96. The number of hydrogen-bond acceptors (Lipinski definition) is 5. The summed E-state index contributed by atoms with van der Waals surface area (Å²) in [5.41, 5.74) is 1.12. The van der Waals surface area contributed by atoms with Crippen molar-refractivity contribution in [2.45, 2.75) is 39.8 Å². The molecule has 1 N–H and O–H groups in total. The van der Waals surface area contributed by atoms with E-state index in [0.29, 0.717) is 22.5 Å². The number of nitrogens with zero attached hydrogens (tertiary/aromatic N) is 2. The lowest BCUT2D eigenvalue weighted by atomic mass is 10.2. The number of nitrogens with one attached hydrogen (secondary N) is 1. The minimum absolute atomic E-state index is 0.214. The van der Waals surface area contributed by atoms with Crippen LogP contribution in [0.4, 0.5) is 0 Å². The average Bonchev–Trinajstić information content (AvgIpc) is 2.93. The van der Waals surface area contributed by atoms with E-state index in [1.165, 1.54) is 0 Å². The van der Waals surface area contributed by atoms with Crippen molar-refractivity contribution in [3.05, 3.63) is 40.5 Å². The van der Waals surface area contributed by atoms with Crippen LogP contribution in [0, 0.1) is 0 Å². The van der Waals surface area contributed by atoms with E-state index in [0.717, 1.165) is 18.7 Å². The van der Waals surface area contributed by atoms with Gasteiger partial charge in [0.15, 0.2) is 12.4 Å². The van der Waals surface area contributed by atoms with Gasteiger partial charge in [0.05, 0.1) is 5.02 Å². The van der Waals surface area contributed by atoms with Crippen molar-refractivity contribution < 1.29 is 9.26 Å². The molecule has 21 heavy (non-hydrogen) atoms. The van der Waals surface area contributed by atoms with Gasteiger partial charge in [-0.1, -0.05) is 43.6 Å². The van der Waals surface area contributed by atoms with E-state index in [9.17, 15) is 0 Å². The molecule has 0 unspecified atom stereocenters. The van der Waals surface area contributed by atoms with Gasteiger partial charge < -0.3 is 14.6 Å². The molecule has 0 saturated carbocycles. The summed E-state index contributed by atoms with van der Waals surface area (Å²) in [4.78, 5) is 4.26. The van der Waals surface area contributed by atoms with Crippen molar-refractivity contribution in [3.63, 3.8) is 0 Å². The molecule has 0 fully saturated rings. The lowest BCUT2D eigenvalue weighted by Crippen LogP contribution is -2.11. The van der Waals surface area contributed by atoms with Gasteiger partial charge in [-0.3, -0.25) is 0 Å². The Morgan fingerprint density at radius 1 is 1.38 bits per heavy atom. The van der Waals surface area contributed by atoms with E-state index < -0.39 is 0 Å². The SMILES string of the molecule is CCNCc1ccc(OCc2nc(C(C)C)no2)c(Cl)c1. The van der Waals surface area contributed by atoms with Gasteiger partial charge in [-0.05, 0) is 24.2 Å². The lowest BCUT2D eigenvalue weighted by molar-refractivity contribution is 0.242. The Hall–Kier alpha value is -1.59. The Labute approximate surface area is 129 Å². The predicted molar refractivity (Wildman–Crippen MR) is 81.6 cm³/mol. The molecule has 0 saturated heterocycles. The third kappa shape index (κ3) is 4.44. The van der Waals surface area contributed by atoms with Crippen molar-refractivity contribution in [3.8, 4) is 5.75 Å². The molecule has 0 spiro atoms. The van der Waals surface area contributed by atoms with Crippen molar-refractivity contribution in [1.29, 1.82) is 0 Å². The van der Waals surface area contributed by atoms with Crippen LogP contribution in [0.5, 0.6) is 5.75 Å². The van der Waals surface area contributed by atoms with Crippen LogP contribution in [0.1, 0.15) is 44.0 Å². The monoisotopic (exact) mass is 309 g/mol. The third-order valence-electron chi connectivity index (χ3n) is 2.93. The summed E-state index contributed by atoms with van der Waals surface area (Å²) < 4.78 is 10.8. The summed E-state index contributed by atoms with van der Waals surface area (Å²) in [6.07, 6.45) is 0. The molecule has 6 heteroatoms. The zero-order valence-electron chi connectivity index (χ0n) is 12.5. The fourth-order valence-electron chi connectivity index (χ4n) is 1.74. The van der Waals surface area contributed by atoms with Crippen LogP contribution in [0.25, 0.3) is 0 Å². The zero-order valence-corrected chi connectivity index (χ0v) is 13.3. The Bertz CT molecular complexity index is 584. The van der Waals surface area contributed by atoms with E-state index in [4.69, 9.17) is 20.9 Å². The molecule has 0 radical (unpaired) electrons. The van der Waals surface area contributed by atoms with Crippen LogP contribution in [0.3, 0.4) is 0 Å². The second-order valence-corrected chi connectivity index (χ2v) is 5.44. The first-order valence-electron chi connectivity index (χ1n) is 7.04. The predicted octanol–water partition coefficient (Wildman–Crippen LogP) is 3.53. The summed E-state index contributed by atoms with van der Waals surface area (Å²) in [6, 6.07) is 5.73. The Morgan fingerprint density at radius 3 is 2.81 bits per heavy atom. The van der Waals surface area contributed by atoms with Crippen LogP contribution in [-0.2, 0) is 13.2 Å². The molecule has 0 aliphatic rings. The summed E-state index contributed by atoms with van der Waals surface area (Å²) in [6.45, 7) is 8.01. The van der Waals surface area contributed by atoms with Crippen LogP contribution in [-0.4, -0.2) is 16.7 Å². The first-order valence-corrected chi connectivity index (χ1v) is 7.42. The van der Waals surface area contributed by atoms with Gasteiger partial charge in [0.2, 0.25) is 0 Å². The Kier molecular flexibility index (Phi) is 5.59. The molecule has 1 aromatic carbocycles. The second-order valence-electron chi connectivity index (χ2n) is 5.03. The van der Waals surface area contributed by atoms with Crippen molar-refractivity contribution >= 4 is 11.6 Å². The van der Waals surface area contributed by atoms with Crippen molar-refractivity contribution in [2.75, 3.05) is 6.54 Å². The third-order valence-corrected chi connectivity index (χ3v) is 3.22. The van der Waals surface area contributed by atoms with Gasteiger partial charge >= 0.3 is 0 Å². The van der Waals surface area contributed by atoms with Gasteiger partial charge in [0.25, 0.3) is 5.89 Å². The average molecular weight is 310 g/mol. The molecule has 0 bridgehead atoms. The second kappa shape index (κ2) is 7.43. The molecule has 114 valence electrons. The smallest absolute Gasteiger partial charge is 0.264 e. The maximum Gasteiger partial charge on any atom is 0.264 e. The van der Waals surface area contributed by atoms with Crippen LogP contribution in [0.2, 0.25) is 5.02 Å². The topological polar surface area (TPSA) is 60.2 Å². The molecule has 1 heterocycles. The molecular weight excluding hydrogens is 290 g/mol. The summed E-state index contributed by atoms with van der Waals surface area (Å²) >= 11 is 6.21. The highest BCUT2D eigenvalue weighted by atomic mass is 35.5. The highest BCUT2D eigenvalue weighted by Gasteiger charge is 2.11. The molecule has 5 nitrogen and oxygen atoms in total.